The van der Waals surface area contributed by atoms with E-state index in [2.05, 4.69) is 4.74 Å². The Hall–Kier alpha value is -2.17. The lowest BCUT2D eigenvalue weighted by atomic mass is 10.1. The SMILES string of the molecule is COC(=O)CCCCC(=O)CC(=O)OCc1ccccc1. The summed E-state index contributed by atoms with van der Waals surface area (Å²) in [6.07, 6.45) is 1.50. The van der Waals surface area contributed by atoms with E-state index in [9.17, 15) is 14.4 Å². The van der Waals surface area contributed by atoms with Crippen LogP contribution in [0.4, 0.5) is 0 Å². The lowest BCUT2D eigenvalue weighted by Gasteiger charge is -2.04. The molecule has 1 aromatic carbocycles. The highest BCUT2D eigenvalue weighted by molar-refractivity contribution is 5.95. The second-order valence-corrected chi connectivity index (χ2v) is 4.64. The lowest BCUT2D eigenvalue weighted by molar-refractivity contribution is -0.147. The van der Waals surface area contributed by atoms with Crippen molar-refractivity contribution < 1.29 is 23.9 Å². The fourth-order valence-electron chi connectivity index (χ4n) is 1.73. The van der Waals surface area contributed by atoms with Gasteiger partial charge in [-0.1, -0.05) is 30.3 Å². The third-order valence-electron chi connectivity index (χ3n) is 2.90. The number of Topliss-reactive ketones (excluding diaryl/α,β-unsaturated/α-hetero) is 1. The molecule has 0 fully saturated rings. The van der Waals surface area contributed by atoms with Crippen LogP contribution in [0.25, 0.3) is 0 Å². The van der Waals surface area contributed by atoms with Crippen molar-refractivity contribution in [2.75, 3.05) is 7.11 Å². The number of hydrogen-bond acceptors (Lipinski definition) is 5. The number of esters is 2. The van der Waals surface area contributed by atoms with Crippen molar-refractivity contribution in [3.63, 3.8) is 0 Å². The summed E-state index contributed by atoms with van der Waals surface area (Å²) >= 11 is 0. The molecule has 0 atom stereocenters. The monoisotopic (exact) mass is 292 g/mol. The summed E-state index contributed by atoms with van der Waals surface area (Å²) in [7, 11) is 1.33. The maximum Gasteiger partial charge on any atom is 0.313 e. The largest absolute Gasteiger partial charge is 0.469 e. The fourth-order valence-corrected chi connectivity index (χ4v) is 1.73. The first-order valence-corrected chi connectivity index (χ1v) is 6.90. The van der Waals surface area contributed by atoms with Crippen LogP contribution in [0.15, 0.2) is 30.3 Å². The van der Waals surface area contributed by atoms with E-state index in [0.29, 0.717) is 19.3 Å². The average molecular weight is 292 g/mol. The van der Waals surface area contributed by atoms with Gasteiger partial charge in [0.05, 0.1) is 7.11 Å². The van der Waals surface area contributed by atoms with E-state index in [1.54, 1.807) is 0 Å². The molecule has 21 heavy (non-hydrogen) atoms. The van der Waals surface area contributed by atoms with E-state index in [4.69, 9.17) is 4.74 Å². The predicted molar refractivity (Wildman–Crippen MR) is 76.3 cm³/mol. The first kappa shape index (κ1) is 16.9. The van der Waals surface area contributed by atoms with Crippen LogP contribution in [0.1, 0.15) is 37.7 Å². The minimum Gasteiger partial charge on any atom is -0.469 e. The fraction of sp³-hybridized carbons (Fsp3) is 0.438. The summed E-state index contributed by atoms with van der Waals surface area (Å²) in [5, 5.41) is 0. The second kappa shape index (κ2) is 9.69. The molecule has 0 heterocycles. The van der Waals surface area contributed by atoms with E-state index < -0.39 is 5.97 Å². The smallest absolute Gasteiger partial charge is 0.313 e. The molecule has 0 aliphatic carbocycles. The van der Waals surface area contributed by atoms with Gasteiger partial charge in [-0.3, -0.25) is 14.4 Å². The molecule has 114 valence electrons. The summed E-state index contributed by atoms with van der Waals surface area (Å²) in [5.74, 6) is -0.973. The number of methoxy groups -OCH3 is 1. The van der Waals surface area contributed by atoms with Crippen LogP contribution in [-0.2, 0) is 30.5 Å². The molecule has 0 aliphatic heterocycles. The molecule has 0 radical (unpaired) electrons. The molecular weight excluding hydrogens is 272 g/mol. The van der Waals surface area contributed by atoms with Crippen molar-refractivity contribution in [1.29, 1.82) is 0 Å². The number of unbranched alkanes of at least 4 members (excludes halogenated alkanes) is 1. The highest BCUT2D eigenvalue weighted by Crippen LogP contribution is 2.06. The Labute approximate surface area is 124 Å². The van der Waals surface area contributed by atoms with Crippen LogP contribution >= 0.6 is 0 Å². The third kappa shape index (κ3) is 7.87. The number of rotatable bonds is 9. The first-order valence-electron chi connectivity index (χ1n) is 6.90. The quantitative estimate of drug-likeness (QED) is 0.397. The van der Waals surface area contributed by atoms with Crippen molar-refractivity contribution in [1.82, 2.24) is 0 Å². The molecule has 5 nitrogen and oxygen atoms in total. The van der Waals surface area contributed by atoms with Crippen molar-refractivity contribution in [3.8, 4) is 0 Å². The van der Waals surface area contributed by atoms with Gasteiger partial charge < -0.3 is 9.47 Å². The molecule has 0 saturated heterocycles. The van der Waals surface area contributed by atoms with E-state index in [-0.39, 0.29) is 31.2 Å². The van der Waals surface area contributed by atoms with Crippen molar-refractivity contribution in [3.05, 3.63) is 35.9 Å². The summed E-state index contributed by atoms with van der Waals surface area (Å²) in [6, 6.07) is 9.29. The molecule has 5 heteroatoms. The number of carbonyl (C=O) groups is 3. The maximum atomic E-state index is 11.6. The van der Waals surface area contributed by atoms with E-state index >= 15 is 0 Å². The van der Waals surface area contributed by atoms with Crippen LogP contribution in [0, 0.1) is 0 Å². The molecule has 0 unspecified atom stereocenters. The Kier molecular flexibility index (Phi) is 7.79. The van der Waals surface area contributed by atoms with E-state index in [1.165, 1.54) is 7.11 Å². The summed E-state index contributed by atoms with van der Waals surface area (Å²) in [6.45, 7) is 0.176. The average Bonchev–Trinajstić information content (AvgIpc) is 2.50. The number of hydrogen-bond donors (Lipinski definition) is 0. The summed E-state index contributed by atoms with van der Waals surface area (Å²) in [4.78, 5) is 33.9. The van der Waals surface area contributed by atoms with Gasteiger partial charge in [0.15, 0.2) is 0 Å². The summed E-state index contributed by atoms with van der Waals surface area (Å²) in [5.41, 5.74) is 0.886. The number of benzene rings is 1. The van der Waals surface area contributed by atoms with Crippen LogP contribution in [0.5, 0.6) is 0 Å². The molecule has 0 bridgehead atoms. The zero-order valence-corrected chi connectivity index (χ0v) is 12.2. The Balaban J connectivity index is 2.13. The first-order chi connectivity index (χ1) is 10.1. The van der Waals surface area contributed by atoms with Gasteiger partial charge in [0, 0.05) is 12.8 Å². The van der Waals surface area contributed by atoms with Crippen molar-refractivity contribution in [2.45, 2.75) is 38.7 Å². The number of carbonyl (C=O) groups excluding carboxylic acids is 3. The molecule has 1 rings (SSSR count). The molecule has 0 aromatic heterocycles. The van der Waals surface area contributed by atoms with Crippen molar-refractivity contribution >= 4 is 17.7 Å². The third-order valence-corrected chi connectivity index (χ3v) is 2.90. The Bertz CT molecular complexity index is 467. The standard InChI is InChI=1S/C16H20O5/c1-20-15(18)10-6-5-9-14(17)11-16(19)21-12-13-7-3-2-4-8-13/h2-4,7-8H,5-6,9-12H2,1H3. The highest BCUT2D eigenvalue weighted by atomic mass is 16.5. The molecule has 0 spiro atoms. The molecule has 0 amide bonds. The Morgan fingerprint density at radius 3 is 2.29 bits per heavy atom. The topological polar surface area (TPSA) is 69.7 Å². The van der Waals surface area contributed by atoms with Gasteiger partial charge in [0.25, 0.3) is 0 Å². The zero-order valence-electron chi connectivity index (χ0n) is 12.2. The van der Waals surface area contributed by atoms with E-state index in [1.807, 2.05) is 30.3 Å². The van der Waals surface area contributed by atoms with Gasteiger partial charge >= 0.3 is 11.9 Å². The Morgan fingerprint density at radius 1 is 0.952 bits per heavy atom. The highest BCUT2D eigenvalue weighted by Gasteiger charge is 2.11. The summed E-state index contributed by atoms with van der Waals surface area (Å²) < 4.78 is 9.52. The van der Waals surface area contributed by atoms with Gasteiger partial charge in [-0.25, -0.2) is 0 Å². The van der Waals surface area contributed by atoms with E-state index in [0.717, 1.165) is 5.56 Å². The second-order valence-electron chi connectivity index (χ2n) is 4.64. The minimum absolute atomic E-state index is 0.169. The predicted octanol–water partition coefficient (Wildman–Crippen LogP) is 2.42. The normalized spacial score (nSPS) is 9.95. The molecule has 0 saturated carbocycles. The minimum atomic E-state index is -0.517. The Morgan fingerprint density at radius 2 is 1.62 bits per heavy atom. The molecule has 0 aliphatic rings. The van der Waals surface area contributed by atoms with Gasteiger partial charge in [-0.15, -0.1) is 0 Å². The molecular formula is C16H20O5. The van der Waals surface area contributed by atoms with Gasteiger partial charge in [-0.2, -0.15) is 0 Å². The van der Waals surface area contributed by atoms with Crippen LogP contribution in [0.3, 0.4) is 0 Å². The zero-order chi connectivity index (χ0) is 15.5. The van der Waals surface area contributed by atoms with Crippen LogP contribution in [-0.4, -0.2) is 24.8 Å². The van der Waals surface area contributed by atoms with Gasteiger partial charge in [-0.05, 0) is 18.4 Å². The maximum absolute atomic E-state index is 11.6. The lowest BCUT2D eigenvalue weighted by Crippen LogP contribution is -2.11. The van der Waals surface area contributed by atoms with Crippen LogP contribution < -0.4 is 0 Å². The number of ether oxygens (including phenoxy) is 2. The van der Waals surface area contributed by atoms with Crippen molar-refractivity contribution in [2.24, 2.45) is 0 Å². The van der Waals surface area contributed by atoms with Gasteiger partial charge in [0.2, 0.25) is 0 Å². The molecule has 1 aromatic rings. The number of ketones is 1. The van der Waals surface area contributed by atoms with Crippen LogP contribution in [0.2, 0.25) is 0 Å². The molecule has 0 N–H and O–H groups in total. The van der Waals surface area contributed by atoms with Gasteiger partial charge in [0.1, 0.15) is 18.8 Å².